The molecule has 0 fully saturated rings. The first-order valence-corrected chi connectivity index (χ1v) is 37.3. The van der Waals surface area contributed by atoms with Crippen LogP contribution in [0, 0.1) is 0 Å². The van der Waals surface area contributed by atoms with Gasteiger partial charge in [-0.25, -0.2) is 0 Å². The Labute approximate surface area is 642 Å². The minimum absolute atomic E-state index is 0.00264. The smallest absolute Gasteiger partial charge is 0.252 e. The Balaban J connectivity index is 1.01. The van der Waals surface area contributed by atoms with Crippen molar-refractivity contribution in [1.29, 1.82) is 0 Å². The lowest BCUT2D eigenvalue weighted by molar-refractivity contribution is 0.590. The van der Waals surface area contributed by atoms with Gasteiger partial charge in [-0.2, -0.15) is 0 Å². The third-order valence-electron chi connectivity index (χ3n) is 22.5. The van der Waals surface area contributed by atoms with E-state index in [2.05, 4.69) is 321 Å². The van der Waals surface area contributed by atoms with Crippen LogP contribution in [0.25, 0.3) is 138 Å². The number of anilines is 6. The van der Waals surface area contributed by atoms with Crippen LogP contribution in [0.3, 0.4) is 0 Å². The van der Waals surface area contributed by atoms with E-state index in [0.29, 0.717) is 5.69 Å². The molecule has 3 aromatic heterocycles. The summed E-state index contributed by atoms with van der Waals surface area (Å²) in [6.07, 6.45) is 0. The van der Waals surface area contributed by atoms with Gasteiger partial charge >= 0.3 is 0 Å². The van der Waals surface area contributed by atoms with E-state index >= 15 is 0 Å². The van der Waals surface area contributed by atoms with E-state index in [1.54, 1.807) is 4.57 Å². The molecule has 0 aliphatic carbocycles. The highest BCUT2D eigenvalue weighted by molar-refractivity contribution is 7.00. The molecule has 6 heteroatoms. The lowest BCUT2D eigenvalue weighted by Crippen LogP contribution is -2.61. The third-order valence-corrected chi connectivity index (χ3v) is 22.5. The van der Waals surface area contributed by atoms with Crippen molar-refractivity contribution in [1.82, 2.24) is 4.57 Å². The fraction of sp³-hybridized carbons (Fsp3) is 0.118. The van der Waals surface area contributed by atoms with E-state index in [-0.39, 0.29) is 39.3 Å². The van der Waals surface area contributed by atoms with Gasteiger partial charge in [-0.05, 0) is 185 Å². The van der Waals surface area contributed by atoms with Gasteiger partial charge in [-0.15, -0.1) is 0 Å². The Morgan fingerprint density at radius 2 is 0.676 bits per heavy atom. The highest BCUT2D eigenvalue weighted by Gasteiger charge is 2.47. The van der Waals surface area contributed by atoms with Crippen LogP contribution in [-0.4, -0.2) is 11.3 Å². The van der Waals surface area contributed by atoms with Crippen molar-refractivity contribution in [2.24, 2.45) is 0 Å². The van der Waals surface area contributed by atoms with E-state index in [1.165, 1.54) is 0 Å². The number of benzene rings is 15. The van der Waals surface area contributed by atoms with Crippen LogP contribution in [-0.2, 0) is 16.2 Å². The monoisotopic (exact) mass is 1400 g/mol. The predicted molar refractivity (Wildman–Crippen MR) is 458 cm³/mol. The van der Waals surface area contributed by atoms with Crippen molar-refractivity contribution in [3.05, 3.63) is 338 Å². The highest BCUT2D eigenvalue weighted by Crippen LogP contribution is 2.57. The number of hydrogen-bond acceptors (Lipinski definition) is 4. The molecule has 0 bridgehead atoms. The molecule has 0 amide bonds. The molecule has 0 spiro atoms. The number of hydrogen-bond donors (Lipinski definition) is 0. The average Bonchev–Trinajstić information content (AvgIpc) is 0.852. The normalized spacial score (nSPS) is 14.0. The molecule has 5 nitrogen and oxygen atoms in total. The fourth-order valence-corrected chi connectivity index (χ4v) is 17.2. The lowest BCUT2D eigenvalue weighted by Gasteiger charge is -2.47. The molecule has 0 unspecified atom stereocenters. The summed E-state index contributed by atoms with van der Waals surface area (Å²) >= 11 is 0. The van der Waals surface area contributed by atoms with E-state index in [9.17, 15) is 8.22 Å². The van der Waals surface area contributed by atoms with E-state index < -0.39 is 53.8 Å². The van der Waals surface area contributed by atoms with Crippen LogP contribution in [0.1, 0.15) is 90.0 Å². The van der Waals surface area contributed by atoms with Crippen molar-refractivity contribution >= 4 is 123 Å². The van der Waals surface area contributed by atoms with Crippen LogP contribution in [0.15, 0.2) is 330 Å². The quantitative estimate of drug-likeness (QED) is 0.135. The van der Waals surface area contributed by atoms with Gasteiger partial charge < -0.3 is 23.2 Å². The first-order valence-electron chi connectivity index (χ1n) is 41.3. The Morgan fingerprint density at radius 1 is 0.296 bits per heavy atom. The molecule has 20 rings (SSSR count). The van der Waals surface area contributed by atoms with Crippen LogP contribution < -0.4 is 26.2 Å². The SMILES string of the molecule is [2H]c1c([2H])c([2H])c2c(c1[2H])c1c([2H])c([2H])c([2H])c([2H])c1n2-c1ccc2c(c1)N(c1c(-c3ccccc3)cc(C(C)(C)C)cc1-c1cccc3oc4ccccc4c13)c1cc(C(C)(C)C)cc3c1B2c1ccc(-c2ccccc2-c2ccccc2)cc1N3c1c(-c2ccccc2)cc(C(C)(C)C)cc1-c1cccc2oc3ccccc3c12. The van der Waals surface area contributed by atoms with Gasteiger partial charge in [-0.3, -0.25) is 0 Å². The number of fused-ring (bicyclic) bond motifs is 13. The van der Waals surface area contributed by atoms with Gasteiger partial charge in [0.1, 0.15) is 22.3 Å². The average molecular weight is 1400 g/mol. The van der Waals surface area contributed by atoms with Crippen molar-refractivity contribution < 1.29 is 19.8 Å². The summed E-state index contributed by atoms with van der Waals surface area (Å²) in [7, 11) is 0. The Kier molecular flexibility index (Phi) is 12.8. The van der Waals surface area contributed by atoms with Gasteiger partial charge in [-0.1, -0.05) is 293 Å². The maximum atomic E-state index is 9.96. The summed E-state index contributed by atoms with van der Waals surface area (Å²) in [4.78, 5) is 5.08. The Hall–Kier alpha value is -12.6. The first-order chi connectivity index (χ1) is 55.8. The highest BCUT2D eigenvalue weighted by atomic mass is 16.3. The lowest BCUT2D eigenvalue weighted by atomic mass is 9.33. The summed E-state index contributed by atoms with van der Waals surface area (Å²) in [5.74, 6) is 0. The summed E-state index contributed by atoms with van der Waals surface area (Å²) in [5, 5.41) is 3.91. The van der Waals surface area contributed by atoms with E-state index in [4.69, 9.17) is 11.6 Å². The number of aromatic nitrogens is 1. The number of nitrogens with zero attached hydrogens (tertiary/aromatic N) is 3. The fourth-order valence-electron chi connectivity index (χ4n) is 17.2. The zero-order chi connectivity index (χ0) is 80.0. The Bertz CT molecular complexity index is 7130. The van der Waals surface area contributed by atoms with Crippen LogP contribution >= 0.6 is 0 Å². The molecular weight excluding hydrogens is 1310 g/mol. The van der Waals surface area contributed by atoms with Gasteiger partial charge in [0.2, 0.25) is 0 Å². The number of rotatable bonds is 9. The molecule has 0 N–H and O–H groups in total. The van der Waals surface area contributed by atoms with Crippen LogP contribution in [0.4, 0.5) is 34.1 Å². The summed E-state index contributed by atoms with van der Waals surface area (Å²) < 4.78 is 91.8. The minimum Gasteiger partial charge on any atom is -0.456 e. The topological polar surface area (TPSA) is 37.7 Å². The third kappa shape index (κ3) is 10.3. The molecule has 0 atom stereocenters. The molecule has 15 aromatic carbocycles. The van der Waals surface area contributed by atoms with Crippen LogP contribution in [0.2, 0.25) is 0 Å². The van der Waals surface area contributed by atoms with Gasteiger partial charge in [0.05, 0.1) is 33.4 Å². The van der Waals surface area contributed by atoms with Crippen molar-refractivity contribution in [2.75, 3.05) is 9.80 Å². The second-order valence-corrected chi connectivity index (χ2v) is 32.1. The first kappa shape index (κ1) is 56.7. The zero-order valence-corrected chi connectivity index (χ0v) is 61.7. The molecular formula is C102H80BN3O2. The van der Waals surface area contributed by atoms with Crippen molar-refractivity contribution in [2.45, 2.75) is 78.6 Å². The molecule has 2 aliphatic heterocycles. The van der Waals surface area contributed by atoms with Crippen LogP contribution in [0.5, 0.6) is 0 Å². The summed E-state index contributed by atoms with van der Waals surface area (Å²) in [6, 6.07) is 94.4. The molecule has 18 aromatic rings. The number of furan rings is 2. The minimum atomic E-state index is -0.552. The molecule has 0 radical (unpaired) electrons. The second kappa shape index (κ2) is 24.5. The molecule has 2 aliphatic rings. The molecule has 108 heavy (non-hydrogen) atoms. The summed E-state index contributed by atoms with van der Waals surface area (Å²) in [5.41, 5.74) is 25.8. The van der Waals surface area contributed by atoms with Crippen molar-refractivity contribution in [3.63, 3.8) is 0 Å². The Morgan fingerprint density at radius 3 is 1.16 bits per heavy atom. The summed E-state index contributed by atoms with van der Waals surface area (Å²) in [6.45, 7) is 20.0. The van der Waals surface area contributed by atoms with Crippen molar-refractivity contribution in [3.8, 4) is 72.4 Å². The van der Waals surface area contributed by atoms with E-state index in [1.807, 2.05) is 24.3 Å². The molecule has 518 valence electrons. The largest absolute Gasteiger partial charge is 0.456 e. The molecule has 0 saturated heterocycles. The predicted octanol–water partition coefficient (Wildman–Crippen LogP) is 26.6. The zero-order valence-electron chi connectivity index (χ0n) is 69.7. The van der Waals surface area contributed by atoms with Gasteiger partial charge in [0.15, 0.2) is 0 Å². The standard InChI is InChI=1S/C102H80BN3O2/c1-100(2,3)67-56-79(64-33-15-11-16-34-64)98(81(58-67)75-43-29-49-93-95(75)77-41-23-27-47-91(77)107-93)105-87-55-66(72-38-20-19-37-71(72)63-31-13-10-14-32-63)51-53-83(87)103-84-54-52-70(104-85-45-25-21-39-73(85)74-40-22-26-46-86(74)104)62-88(84)106(90-61-69(102(7,8)9)60-89(105)97(90)103)99-80(65-35-17-12-18-36-65)57-68(101(4,5)6)59-82(99)76-44-30-50-94-96(76)78-42-24-28-48-92(78)108-94/h10-62H,1-9H3/i21D,22D,25D,26D,39D,40D,45D,46D. The van der Waals surface area contributed by atoms with Gasteiger partial charge in [0, 0.05) is 83.0 Å². The molecule has 0 saturated carbocycles. The maximum Gasteiger partial charge on any atom is 0.252 e. The number of para-hydroxylation sites is 4. The maximum absolute atomic E-state index is 9.96. The second-order valence-electron chi connectivity index (χ2n) is 32.1. The van der Waals surface area contributed by atoms with E-state index in [0.717, 1.165) is 178 Å². The molecule has 5 heterocycles. The van der Waals surface area contributed by atoms with Gasteiger partial charge in [0.25, 0.3) is 6.71 Å².